The molecule has 1 aliphatic heterocycles. The lowest BCUT2D eigenvalue weighted by atomic mass is 10.3. The van der Waals surface area contributed by atoms with E-state index in [0.29, 0.717) is 5.69 Å². The van der Waals surface area contributed by atoms with Gasteiger partial charge in [0.15, 0.2) is 5.69 Å². The summed E-state index contributed by atoms with van der Waals surface area (Å²) >= 11 is 0. The molecule has 2 heterocycles. The summed E-state index contributed by atoms with van der Waals surface area (Å²) in [7, 11) is 1.36. The molecule has 0 spiro atoms. The molecule has 0 unspecified atom stereocenters. The summed E-state index contributed by atoms with van der Waals surface area (Å²) in [6.07, 6.45) is 2.72. The number of carbonyl (C=O) groups is 1. The van der Waals surface area contributed by atoms with Gasteiger partial charge in [0.25, 0.3) is 0 Å². The molecule has 0 aliphatic carbocycles. The van der Waals surface area contributed by atoms with Crippen LogP contribution < -0.4 is 5.32 Å². The van der Waals surface area contributed by atoms with Gasteiger partial charge in [-0.2, -0.15) is 0 Å². The molecule has 0 atom stereocenters. The fraction of sp³-hybridized carbons (Fsp3) is 0.500. The quantitative estimate of drug-likeness (QED) is 0.640. The van der Waals surface area contributed by atoms with Gasteiger partial charge >= 0.3 is 5.97 Å². The first kappa shape index (κ1) is 8.10. The van der Waals surface area contributed by atoms with Gasteiger partial charge in [0.1, 0.15) is 5.82 Å². The summed E-state index contributed by atoms with van der Waals surface area (Å²) in [5, 5.41) is 3.13. The molecule has 1 aromatic rings. The number of hydrogen-bond acceptors (Lipinski definition) is 4. The van der Waals surface area contributed by atoms with Crippen LogP contribution in [0, 0.1) is 0 Å². The lowest BCUT2D eigenvalue weighted by Gasteiger charge is -2.16. The Kier molecular flexibility index (Phi) is 1.92. The van der Waals surface area contributed by atoms with Crippen LogP contribution in [0.25, 0.3) is 0 Å². The fourth-order valence-electron chi connectivity index (χ4n) is 1.44. The fourth-order valence-corrected chi connectivity index (χ4v) is 1.44. The van der Waals surface area contributed by atoms with Crippen molar-refractivity contribution in [3.8, 4) is 0 Å². The number of nitrogens with zero attached hydrogens (tertiary/aromatic N) is 2. The Labute approximate surface area is 75.7 Å². The minimum atomic E-state index is -0.386. The van der Waals surface area contributed by atoms with Crippen molar-refractivity contribution in [2.24, 2.45) is 0 Å². The molecule has 0 radical (unpaired) electrons. The molecule has 0 saturated carbocycles. The number of rotatable bonds is 1. The third kappa shape index (κ3) is 1.26. The lowest BCUT2D eigenvalue weighted by Crippen LogP contribution is -2.18. The molecule has 0 saturated heterocycles. The molecule has 1 aliphatic rings. The van der Waals surface area contributed by atoms with Crippen LogP contribution in [0.3, 0.4) is 0 Å². The van der Waals surface area contributed by atoms with Gasteiger partial charge in [0, 0.05) is 13.1 Å². The van der Waals surface area contributed by atoms with Crippen molar-refractivity contribution < 1.29 is 9.53 Å². The number of aryl methyl sites for hydroxylation is 1. The van der Waals surface area contributed by atoms with E-state index in [4.69, 9.17) is 0 Å². The first-order valence-corrected chi connectivity index (χ1v) is 4.20. The van der Waals surface area contributed by atoms with Crippen LogP contribution in [0.4, 0.5) is 5.82 Å². The van der Waals surface area contributed by atoms with E-state index in [-0.39, 0.29) is 5.97 Å². The predicted molar refractivity (Wildman–Crippen MR) is 46.7 cm³/mol. The van der Waals surface area contributed by atoms with Crippen LogP contribution in [0.5, 0.6) is 0 Å². The summed E-state index contributed by atoms with van der Waals surface area (Å²) in [5.41, 5.74) is 0.377. The van der Waals surface area contributed by atoms with Gasteiger partial charge in [-0.3, -0.25) is 0 Å². The Morgan fingerprint density at radius 1 is 1.77 bits per heavy atom. The SMILES string of the molecule is COC(=O)c1ncn2c1NCCC2. The van der Waals surface area contributed by atoms with Gasteiger partial charge in [-0.25, -0.2) is 9.78 Å². The predicted octanol–water partition coefficient (Wildman–Crippen LogP) is 0.485. The first-order chi connectivity index (χ1) is 6.33. The van der Waals surface area contributed by atoms with Crippen molar-refractivity contribution in [2.75, 3.05) is 19.0 Å². The van der Waals surface area contributed by atoms with Crippen molar-refractivity contribution in [1.82, 2.24) is 9.55 Å². The van der Waals surface area contributed by atoms with E-state index in [2.05, 4.69) is 15.0 Å². The molecule has 70 valence electrons. The topological polar surface area (TPSA) is 56.1 Å². The average molecular weight is 181 g/mol. The highest BCUT2D eigenvalue weighted by Crippen LogP contribution is 2.18. The number of carbonyl (C=O) groups excluding carboxylic acids is 1. The molecule has 2 rings (SSSR count). The third-order valence-electron chi connectivity index (χ3n) is 2.08. The van der Waals surface area contributed by atoms with Crippen LogP contribution in [-0.2, 0) is 11.3 Å². The molecule has 1 aromatic heterocycles. The Morgan fingerprint density at radius 2 is 2.62 bits per heavy atom. The van der Waals surface area contributed by atoms with E-state index in [9.17, 15) is 4.79 Å². The maximum Gasteiger partial charge on any atom is 0.360 e. The number of nitrogens with one attached hydrogen (secondary N) is 1. The van der Waals surface area contributed by atoms with Gasteiger partial charge in [-0.15, -0.1) is 0 Å². The normalized spacial score (nSPS) is 14.5. The van der Waals surface area contributed by atoms with Crippen molar-refractivity contribution >= 4 is 11.8 Å². The minimum absolute atomic E-state index is 0.377. The second-order valence-electron chi connectivity index (χ2n) is 2.91. The van der Waals surface area contributed by atoms with Crippen LogP contribution in [0.2, 0.25) is 0 Å². The molecule has 0 bridgehead atoms. The Morgan fingerprint density at radius 3 is 3.38 bits per heavy atom. The zero-order valence-corrected chi connectivity index (χ0v) is 7.41. The van der Waals surface area contributed by atoms with Crippen LogP contribution >= 0.6 is 0 Å². The number of ether oxygens (including phenoxy) is 1. The zero-order chi connectivity index (χ0) is 9.26. The van der Waals surface area contributed by atoms with E-state index >= 15 is 0 Å². The zero-order valence-electron chi connectivity index (χ0n) is 7.41. The molecular weight excluding hydrogens is 170 g/mol. The van der Waals surface area contributed by atoms with E-state index in [0.717, 1.165) is 25.3 Å². The maximum absolute atomic E-state index is 11.2. The van der Waals surface area contributed by atoms with Gasteiger partial charge in [0.2, 0.25) is 0 Å². The smallest absolute Gasteiger partial charge is 0.360 e. The largest absolute Gasteiger partial charge is 0.464 e. The molecule has 5 nitrogen and oxygen atoms in total. The van der Waals surface area contributed by atoms with Crippen LogP contribution in [-0.4, -0.2) is 29.2 Å². The number of fused-ring (bicyclic) bond motifs is 1. The van der Waals surface area contributed by atoms with E-state index in [1.54, 1.807) is 6.33 Å². The maximum atomic E-state index is 11.2. The highest BCUT2D eigenvalue weighted by molar-refractivity contribution is 5.92. The van der Waals surface area contributed by atoms with E-state index in [1.807, 2.05) is 4.57 Å². The first-order valence-electron chi connectivity index (χ1n) is 4.20. The molecule has 13 heavy (non-hydrogen) atoms. The minimum Gasteiger partial charge on any atom is -0.464 e. The second kappa shape index (κ2) is 3.08. The van der Waals surface area contributed by atoms with Crippen LogP contribution in [0.1, 0.15) is 16.9 Å². The van der Waals surface area contributed by atoms with Gasteiger partial charge < -0.3 is 14.6 Å². The summed E-state index contributed by atoms with van der Waals surface area (Å²) in [4.78, 5) is 15.2. The number of imidazole rings is 1. The summed E-state index contributed by atoms with van der Waals surface area (Å²) < 4.78 is 6.53. The molecule has 0 aromatic carbocycles. The van der Waals surface area contributed by atoms with E-state index in [1.165, 1.54) is 7.11 Å². The summed E-state index contributed by atoms with van der Waals surface area (Å²) in [6, 6.07) is 0. The van der Waals surface area contributed by atoms with Crippen LogP contribution in [0.15, 0.2) is 6.33 Å². The number of esters is 1. The third-order valence-corrected chi connectivity index (χ3v) is 2.08. The number of hydrogen-bond donors (Lipinski definition) is 1. The molecule has 1 N–H and O–H groups in total. The molecule has 5 heteroatoms. The monoisotopic (exact) mass is 181 g/mol. The van der Waals surface area contributed by atoms with Gasteiger partial charge in [-0.1, -0.05) is 0 Å². The van der Waals surface area contributed by atoms with E-state index < -0.39 is 0 Å². The lowest BCUT2D eigenvalue weighted by molar-refractivity contribution is 0.0595. The summed E-state index contributed by atoms with van der Waals surface area (Å²) in [6.45, 7) is 1.79. The van der Waals surface area contributed by atoms with Crippen molar-refractivity contribution in [2.45, 2.75) is 13.0 Å². The van der Waals surface area contributed by atoms with Crippen molar-refractivity contribution in [3.63, 3.8) is 0 Å². The van der Waals surface area contributed by atoms with Crippen molar-refractivity contribution in [1.29, 1.82) is 0 Å². The average Bonchev–Trinajstić information content (AvgIpc) is 2.60. The van der Waals surface area contributed by atoms with Gasteiger partial charge in [-0.05, 0) is 6.42 Å². The molecular formula is C8H11N3O2. The second-order valence-corrected chi connectivity index (χ2v) is 2.91. The standard InChI is InChI=1S/C8H11N3O2/c1-13-8(12)6-7-9-3-2-4-11(7)5-10-6/h5,9H,2-4H2,1H3. The Bertz CT molecular complexity index is 332. The molecule has 0 fully saturated rings. The number of anilines is 1. The number of aromatic nitrogens is 2. The van der Waals surface area contributed by atoms with Crippen molar-refractivity contribution in [3.05, 3.63) is 12.0 Å². The Balaban J connectivity index is 2.36. The molecule has 0 amide bonds. The van der Waals surface area contributed by atoms with Gasteiger partial charge in [0.05, 0.1) is 13.4 Å². The summed E-state index contributed by atoms with van der Waals surface area (Å²) in [5.74, 6) is 0.390. The highest BCUT2D eigenvalue weighted by Gasteiger charge is 2.20. The number of methoxy groups -OCH3 is 1. The highest BCUT2D eigenvalue weighted by atomic mass is 16.5. The Hall–Kier alpha value is -1.52.